The first-order valence-electron chi connectivity index (χ1n) is 5.11. The van der Waals surface area contributed by atoms with Crippen molar-refractivity contribution in [1.29, 1.82) is 0 Å². The summed E-state index contributed by atoms with van der Waals surface area (Å²) in [7, 11) is 1.73. The predicted octanol–water partition coefficient (Wildman–Crippen LogP) is 1.94. The van der Waals surface area contributed by atoms with Crippen molar-refractivity contribution in [3.05, 3.63) is 52.4 Å². The number of hydrogen-bond donors (Lipinski definition) is 1. The third-order valence-electron chi connectivity index (χ3n) is 2.72. The van der Waals surface area contributed by atoms with Gasteiger partial charge in [0.25, 0.3) is 5.56 Å². The van der Waals surface area contributed by atoms with E-state index in [9.17, 15) is 4.79 Å². The minimum absolute atomic E-state index is 0.0170. The molecule has 16 heavy (non-hydrogen) atoms. The number of anilines is 1. The molecule has 1 aromatic carbocycles. The fraction of sp³-hybridized carbons (Fsp3) is 0.154. The highest BCUT2D eigenvalue weighted by Gasteiger charge is 2.01. The van der Waals surface area contributed by atoms with Gasteiger partial charge in [0.15, 0.2) is 0 Å². The Hall–Kier alpha value is -2.03. The maximum atomic E-state index is 11.5. The Labute approximate surface area is 94.1 Å². The smallest absolute Gasteiger partial charge is 0.250 e. The summed E-state index contributed by atoms with van der Waals surface area (Å²) < 4.78 is 1.54. The summed E-state index contributed by atoms with van der Waals surface area (Å²) in [6.07, 6.45) is 1.76. The molecule has 0 bridgehead atoms. The molecule has 1 heterocycles. The summed E-state index contributed by atoms with van der Waals surface area (Å²) in [5, 5.41) is 0. The maximum absolute atomic E-state index is 11.5. The summed E-state index contributed by atoms with van der Waals surface area (Å²) >= 11 is 0. The number of aromatic nitrogens is 1. The van der Waals surface area contributed by atoms with Crippen LogP contribution < -0.4 is 11.3 Å². The van der Waals surface area contributed by atoms with Crippen LogP contribution in [0, 0.1) is 6.92 Å². The SMILES string of the molecule is Cc1ccc(-c2ccn(C)c(=O)c2)cc1N. The van der Waals surface area contributed by atoms with Crippen LogP contribution in [0.4, 0.5) is 5.69 Å². The van der Waals surface area contributed by atoms with Crippen LogP contribution >= 0.6 is 0 Å². The molecule has 1 aromatic heterocycles. The fourth-order valence-electron chi connectivity index (χ4n) is 1.55. The lowest BCUT2D eigenvalue weighted by atomic mass is 10.0. The zero-order valence-corrected chi connectivity index (χ0v) is 9.40. The van der Waals surface area contributed by atoms with Crippen LogP contribution in [-0.4, -0.2) is 4.57 Å². The van der Waals surface area contributed by atoms with Gasteiger partial charge in [-0.25, -0.2) is 0 Å². The van der Waals surface area contributed by atoms with Gasteiger partial charge in [-0.3, -0.25) is 4.79 Å². The third-order valence-corrected chi connectivity index (χ3v) is 2.72. The molecule has 0 aliphatic heterocycles. The van der Waals surface area contributed by atoms with Gasteiger partial charge >= 0.3 is 0 Å². The van der Waals surface area contributed by atoms with Gasteiger partial charge in [0.05, 0.1) is 0 Å². The van der Waals surface area contributed by atoms with Crippen molar-refractivity contribution in [2.75, 3.05) is 5.73 Å². The number of rotatable bonds is 1. The summed E-state index contributed by atoms with van der Waals surface area (Å²) in [5.74, 6) is 0. The van der Waals surface area contributed by atoms with Gasteiger partial charge in [-0.2, -0.15) is 0 Å². The highest BCUT2D eigenvalue weighted by molar-refractivity contribution is 5.68. The predicted molar refractivity (Wildman–Crippen MR) is 66.3 cm³/mol. The Morgan fingerprint density at radius 2 is 1.81 bits per heavy atom. The first-order valence-corrected chi connectivity index (χ1v) is 5.11. The van der Waals surface area contributed by atoms with Gasteiger partial charge in [-0.15, -0.1) is 0 Å². The molecule has 0 atom stereocenters. The molecule has 2 rings (SSSR count). The van der Waals surface area contributed by atoms with E-state index >= 15 is 0 Å². The number of nitrogens with zero attached hydrogens (tertiary/aromatic N) is 1. The van der Waals surface area contributed by atoms with E-state index in [0.717, 1.165) is 22.4 Å². The van der Waals surface area contributed by atoms with Crippen molar-refractivity contribution in [2.24, 2.45) is 7.05 Å². The number of hydrogen-bond acceptors (Lipinski definition) is 2. The minimum atomic E-state index is -0.0170. The lowest BCUT2D eigenvalue weighted by molar-refractivity contribution is 0.861. The normalized spacial score (nSPS) is 10.4. The van der Waals surface area contributed by atoms with Gasteiger partial charge < -0.3 is 10.3 Å². The van der Waals surface area contributed by atoms with Crippen molar-refractivity contribution in [3.8, 4) is 11.1 Å². The molecule has 3 heteroatoms. The van der Waals surface area contributed by atoms with Gasteiger partial charge in [-0.1, -0.05) is 12.1 Å². The topological polar surface area (TPSA) is 48.0 Å². The van der Waals surface area contributed by atoms with Crippen molar-refractivity contribution in [3.63, 3.8) is 0 Å². The van der Waals surface area contributed by atoms with Gasteiger partial charge in [0.1, 0.15) is 0 Å². The zero-order chi connectivity index (χ0) is 11.7. The summed E-state index contributed by atoms with van der Waals surface area (Å²) in [4.78, 5) is 11.5. The summed E-state index contributed by atoms with van der Waals surface area (Å²) in [5.41, 5.74) is 9.49. The molecule has 0 spiro atoms. The van der Waals surface area contributed by atoms with Crippen LogP contribution in [0.25, 0.3) is 11.1 Å². The van der Waals surface area contributed by atoms with Crippen LogP contribution in [0.5, 0.6) is 0 Å². The Balaban J connectivity index is 2.55. The molecule has 0 fully saturated rings. The van der Waals surface area contributed by atoms with Gasteiger partial charge in [0.2, 0.25) is 0 Å². The Morgan fingerprint density at radius 1 is 1.12 bits per heavy atom. The molecule has 0 aliphatic carbocycles. The molecule has 2 aromatic rings. The lowest BCUT2D eigenvalue weighted by Crippen LogP contribution is -2.14. The molecule has 0 aliphatic rings. The molecular formula is C13H14N2O. The van der Waals surface area contributed by atoms with Crippen molar-refractivity contribution >= 4 is 5.69 Å². The molecule has 3 nitrogen and oxygen atoms in total. The molecule has 0 amide bonds. The first-order chi connectivity index (χ1) is 7.58. The molecule has 2 N–H and O–H groups in total. The quantitative estimate of drug-likeness (QED) is 0.737. The Bertz CT molecular complexity index is 585. The zero-order valence-electron chi connectivity index (χ0n) is 9.40. The van der Waals surface area contributed by atoms with Crippen LogP contribution in [0.3, 0.4) is 0 Å². The van der Waals surface area contributed by atoms with E-state index in [1.807, 2.05) is 31.2 Å². The van der Waals surface area contributed by atoms with E-state index in [-0.39, 0.29) is 5.56 Å². The molecule has 82 valence electrons. The standard InChI is InChI=1S/C13H14N2O/c1-9-3-4-10(7-12(9)14)11-5-6-15(2)13(16)8-11/h3-8H,14H2,1-2H3. The van der Waals surface area contributed by atoms with E-state index in [4.69, 9.17) is 5.73 Å². The molecule has 0 saturated carbocycles. The second-order valence-corrected chi connectivity index (χ2v) is 3.94. The number of nitrogen functional groups attached to an aromatic ring is 1. The van der Waals surface area contributed by atoms with Crippen molar-refractivity contribution in [1.82, 2.24) is 4.57 Å². The van der Waals surface area contributed by atoms with Crippen LogP contribution in [-0.2, 0) is 7.05 Å². The number of nitrogens with two attached hydrogens (primary N) is 1. The first kappa shape index (κ1) is 10.5. The van der Waals surface area contributed by atoms with E-state index in [0.29, 0.717) is 0 Å². The van der Waals surface area contributed by atoms with Gasteiger partial charge in [-0.05, 0) is 35.7 Å². The van der Waals surface area contributed by atoms with Crippen molar-refractivity contribution in [2.45, 2.75) is 6.92 Å². The van der Waals surface area contributed by atoms with Crippen molar-refractivity contribution < 1.29 is 0 Å². The van der Waals surface area contributed by atoms with E-state index in [1.54, 1.807) is 23.9 Å². The molecule has 0 saturated heterocycles. The van der Waals surface area contributed by atoms with Crippen LogP contribution in [0.2, 0.25) is 0 Å². The average Bonchev–Trinajstić information content (AvgIpc) is 2.26. The number of benzene rings is 1. The molecule has 0 unspecified atom stereocenters. The highest BCUT2D eigenvalue weighted by Crippen LogP contribution is 2.22. The fourth-order valence-corrected chi connectivity index (χ4v) is 1.55. The van der Waals surface area contributed by atoms with E-state index in [1.165, 1.54) is 0 Å². The van der Waals surface area contributed by atoms with E-state index in [2.05, 4.69) is 0 Å². The minimum Gasteiger partial charge on any atom is -0.398 e. The second kappa shape index (κ2) is 3.85. The second-order valence-electron chi connectivity index (χ2n) is 3.94. The molecule has 0 radical (unpaired) electrons. The molecular weight excluding hydrogens is 200 g/mol. The highest BCUT2D eigenvalue weighted by atomic mass is 16.1. The van der Waals surface area contributed by atoms with Crippen LogP contribution in [0.1, 0.15) is 5.56 Å². The van der Waals surface area contributed by atoms with Gasteiger partial charge in [0, 0.05) is 25.0 Å². The number of pyridine rings is 1. The lowest BCUT2D eigenvalue weighted by Gasteiger charge is -2.05. The average molecular weight is 214 g/mol. The summed E-state index contributed by atoms with van der Waals surface area (Å²) in [6, 6.07) is 9.35. The third kappa shape index (κ3) is 1.84. The van der Waals surface area contributed by atoms with E-state index < -0.39 is 0 Å². The number of aryl methyl sites for hydroxylation is 2. The largest absolute Gasteiger partial charge is 0.398 e. The summed E-state index contributed by atoms with van der Waals surface area (Å²) in [6.45, 7) is 1.96. The van der Waals surface area contributed by atoms with Crippen LogP contribution in [0.15, 0.2) is 41.3 Å². The Kier molecular flexibility index (Phi) is 2.52. The monoisotopic (exact) mass is 214 g/mol. The maximum Gasteiger partial charge on any atom is 0.250 e. The Morgan fingerprint density at radius 3 is 2.44 bits per heavy atom.